The van der Waals surface area contributed by atoms with E-state index >= 15 is 0 Å². The van der Waals surface area contributed by atoms with Gasteiger partial charge in [-0.2, -0.15) is 0 Å². The molecule has 0 fully saturated rings. The maximum absolute atomic E-state index is 10.2. The molecule has 0 amide bonds. The maximum Gasteiger partial charge on any atom is 0.332 e. The van der Waals surface area contributed by atoms with E-state index in [1.165, 1.54) is 0 Å². The predicted molar refractivity (Wildman–Crippen MR) is 42.3 cm³/mol. The molecule has 0 spiro atoms. The van der Waals surface area contributed by atoms with Gasteiger partial charge in [0.25, 0.3) is 0 Å². The van der Waals surface area contributed by atoms with E-state index in [1.807, 2.05) is 0 Å². The van der Waals surface area contributed by atoms with Gasteiger partial charge in [-0.3, -0.25) is 4.79 Å². The highest BCUT2D eigenvalue weighted by Crippen LogP contribution is 2.00. The minimum atomic E-state index is -1.54. The fourth-order valence-electron chi connectivity index (χ4n) is 0.500. The Balaban J connectivity index is 0. The van der Waals surface area contributed by atoms with E-state index in [1.54, 1.807) is 0 Å². The van der Waals surface area contributed by atoms with E-state index in [-0.39, 0.29) is 7.43 Å². The summed E-state index contributed by atoms with van der Waals surface area (Å²) in [4.78, 5) is 30.1. The molecule has 0 radical (unpaired) electrons. The SMILES string of the molecule is C.O=C(O)/C=C(/CC(=O)O)C(=O)O. The van der Waals surface area contributed by atoms with Crippen molar-refractivity contribution in [2.75, 3.05) is 0 Å². The van der Waals surface area contributed by atoms with Crippen LogP contribution in [0.15, 0.2) is 11.6 Å². The molecule has 0 aromatic heterocycles. The van der Waals surface area contributed by atoms with Crippen molar-refractivity contribution in [3.63, 3.8) is 0 Å². The summed E-state index contributed by atoms with van der Waals surface area (Å²) in [5, 5.41) is 24.5. The molecule has 0 saturated carbocycles. The normalized spacial score (nSPS) is 10.0. The predicted octanol–water partition coefficient (Wildman–Crippen LogP) is 0.193. The quantitative estimate of drug-likeness (QED) is 0.545. The van der Waals surface area contributed by atoms with E-state index in [0.717, 1.165) is 0 Å². The monoisotopic (exact) mass is 190 g/mol. The van der Waals surface area contributed by atoms with E-state index in [0.29, 0.717) is 6.08 Å². The zero-order valence-corrected chi connectivity index (χ0v) is 5.85. The van der Waals surface area contributed by atoms with Gasteiger partial charge in [0, 0.05) is 6.08 Å². The van der Waals surface area contributed by atoms with Crippen LogP contribution in [0.2, 0.25) is 0 Å². The van der Waals surface area contributed by atoms with Gasteiger partial charge < -0.3 is 15.3 Å². The average molecular weight is 190 g/mol. The Kier molecular flexibility index (Phi) is 6.08. The van der Waals surface area contributed by atoms with E-state index in [2.05, 4.69) is 0 Å². The van der Waals surface area contributed by atoms with Crippen molar-refractivity contribution in [3.8, 4) is 0 Å². The van der Waals surface area contributed by atoms with Gasteiger partial charge >= 0.3 is 17.9 Å². The van der Waals surface area contributed by atoms with Gasteiger partial charge in [-0.1, -0.05) is 7.43 Å². The first-order chi connectivity index (χ1) is 5.43. The second-order valence-electron chi connectivity index (χ2n) is 1.88. The van der Waals surface area contributed by atoms with Crippen molar-refractivity contribution in [3.05, 3.63) is 11.6 Å². The molecule has 0 unspecified atom stereocenters. The average Bonchev–Trinajstić information content (AvgIpc) is 1.83. The smallest absolute Gasteiger partial charge is 0.332 e. The molecule has 0 aromatic rings. The molecule has 3 N–H and O–H groups in total. The van der Waals surface area contributed by atoms with Crippen LogP contribution < -0.4 is 0 Å². The summed E-state index contributed by atoms with van der Waals surface area (Å²) in [6, 6.07) is 0. The highest BCUT2D eigenvalue weighted by atomic mass is 16.4. The van der Waals surface area contributed by atoms with Gasteiger partial charge in [0.05, 0.1) is 12.0 Å². The van der Waals surface area contributed by atoms with Crippen LogP contribution in [0.3, 0.4) is 0 Å². The maximum atomic E-state index is 10.2. The third-order valence-corrected chi connectivity index (χ3v) is 0.914. The zero-order valence-electron chi connectivity index (χ0n) is 5.85. The van der Waals surface area contributed by atoms with Crippen molar-refractivity contribution in [2.24, 2.45) is 0 Å². The van der Waals surface area contributed by atoms with Crippen LogP contribution in [0, 0.1) is 0 Å². The largest absolute Gasteiger partial charge is 0.481 e. The summed E-state index contributed by atoms with van der Waals surface area (Å²) in [6.07, 6.45) is -0.446. The lowest BCUT2D eigenvalue weighted by Crippen LogP contribution is -2.08. The van der Waals surface area contributed by atoms with Crippen molar-refractivity contribution in [2.45, 2.75) is 13.8 Å². The van der Waals surface area contributed by atoms with Crippen LogP contribution >= 0.6 is 0 Å². The molecule has 0 aliphatic rings. The molecule has 0 aliphatic heterocycles. The summed E-state index contributed by atoms with van der Waals surface area (Å²) in [5.74, 6) is -4.40. The number of hydrogen-bond donors (Lipinski definition) is 3. The van der Waals surface area contributed by atoms with Crippen LogP contribution in [0.5, 0.6) is 0 Å². The number of hydrogen-bond acceptors (Lipinski definition) is 3. The fourth-order valence-corrected chi connectivity index (χ4v) is 0.500. The molecule has 74 valence electrons. The highest BCUT2D eigenvalue weighted by molar-refractivity contribution is 5.98. The molecule has 0 heterocycles. The van der Waals surface area contributed by atoms with E-state index in [9.17, 15) is 14.4 Å². The lowest BCUT2D eigenvalue weighted by molar-refractivity contribution is -0.140. The van der Waals surface area contributed by atoms with Crippen LogP contribution in [0.4, 0.5) is 0 Å². The topological polar surface area (TPSA) is 112 Å². The molecular formula is C7H10O6. The first-order valence-electron chi connectivity index (χ1n) is 2.82. The van der Waals surface area contributed by atoms with Gasteiger partial charge in [0.2, 0.25) is 0 Å². The molecule has 0 rings (SSSR count). The van der Waals surface area contributed by atoms with Crippen LogP contribution in [0.1, 0.15) is 13.8 Å². The number of carboxylic acids is 3. The summed E-state index contributed by atoms with van der Waals surface area (Å²) in [5.41, 5.74) is -0.657. The Morgan fingerprint density at radius 2 is 1.54 bits per heavy atom. The third kappa shape index (κ3) is 6.54. The molecule has 0 bridgehead atoms. The summed E-state index contributed by atoms with van der Waals surface area (Å²) in [6.45, 7) is 0. The van der Waals surface area contributed by atoms with Crippen LogP contribution in [0.25, 0.3) is 0 Å². The Bertz CT molecular complexity index is 252. The van der Waals surface area contributed by atoms with Gasteiger partial charge in [0.15, 0.2) is 0 Å². The molecule has 6 nitrogen and oxygen atoms in total. The molecule has 0 aromatic carbocycles. The fraction of sp³-hybridized carbons (Fsp3) is 0.286. The minimum Gasteiger partial charge on any atom is -0.481 e. The summed E-state index contributed by atoms with van der Waals surface area (Å²) >= 11 is 0. The van der Waals surface area contributed by atoms with Crippen molar-refractivity contribution in [1.29, 1.82) is 0 Å². The molecule has 0 atom stereocenters. The molecule has 0 saturated heterocycles. The van der Waals surface area contributed by atoms with Crippen molar-refractivity contribution >= 4 is 17.9 Å². The number of rotatable bonds is 4. The van der Waals surface area contributed by atoms with Crippen molar-refractivity contribution < 1.29 is 29.7 Å². The van der Waals surface area contributed by atoms with Crippen molar-refractivity contribution in [1.82, 2.24) is 0 Å². The number of carboxylic acid groups (broad SMARTS) is 3. The van der Waals surface area contributed by atoms with Crippen LogP contribution in [-0.2, 0) is 14.4 Å². The van der Waals surface area contributed by atoms with Gasteiger partial charge in [-0.25, -0.2) is 9.59 Å². The third-order valence-electron chi connectivity index (χ3n) is 0.914. The molecular weight excluding hydrogens is 180 g/mol. The molecule has 6 heteroatoms. The van der Waals surface area contributed by atoms with Gasteiger partial charge in [-0.05, 0) is 0 Å². The minimum absolute atomic E-state index is 0. The van der Waals surface area contributed by atoms with Gasteiger partial charge in [-0.15, -0.1) is 0 Å². The lowest BCUT2D eigenvalue weighted by Gasteiger charge is -1.94. The van der Waals surface area contributed by atoms with E-state index < -0.39 is 29.9 Å². The lowest BCUT2D eigenvalue weighted by atomic mass is 10.2. The first kappa shape index (κ1) is 13.7. The number of carbonyl (C=O) groups is 3. The number of aliphatic carboxylic acids is 3. The second kappa shape index (κ2) is 5.76. The van der Waals surface area contributed by atoms with E-state index in [4.69, 9.17) is 15.3 Å². The highest BCUT2D eigenvalue weighted by Gasteiger charge is 2.12. The van der Waals surface area contributed by atoms with Crippen LogP contribution in [-0.4, -0.2) is 33.2 Å². The Labute approximate surface area is 74.1 Å². The Morgan fingerprint density at radius 3 is 1.77 bits per heavy atom. The zero-order chi connectivity index (χ0) is 9.72. The molecule has 0 aliphatic carbocycles. The molecule has 13 heavy (non-hydrogen) atoms. The van der Waals surface area contributed by atoms with Gasteiger partial charge in [0.1, 0.15) is 0 Å². The first-order valence-corrected chi connectivity index (χ1v) is 2.82. The second-order valence-corrected chi connectivity index (χ2v) is 1.88. The standard InChI is InChI=1S/C6H6O6.CH4/c7-4(8)1-3(6(11)12)2-5(9)10;/h1H,2H2,(H,7,8)(H,9,10)(H,11,12);1H4/b3-1-;. The Morgan fingerprint density at radius 1 is 1.08 bits per heavy atom. The Hall–Kier alpha value is -1.85. The summed E-state index contributed by atoms with van der Waals surface area (Å²) in [7, 11) is 0. The summed E-state index contributed by atoms with van der Waals surface area (Å²) < 4.78 is 0.